The van der Waals surface area contributed by atoms with Crippen molar-refractivity contribution in [2.75, 3.05) is 0 Å². The van der Waals surface area contributed by atoms with Crippen molar-refractivity contribution in [1.29, 1.82) is 10.5 Å². The lowest BCUT2D eigenvalue weighted by molar-refractivity contribution is 0.590. The molecule has 0 aliphatic rings. The molecule has 0 unspecified atom stereocenters. The van der Waals surface area contributed by atoms with Gasteiger partial charge in [-0.15, -0.1) is 0 Å². The minimum atomic E-state index is -0.672. The minimum Gasteiger partial charge on any atom is -0.373 e. The SMILES string of the molecule is [C-]#[N+]c1ncn(-c2cc(C)cc(C(C)(C)c3cc(C)cc(-n4cnc(C#N)c4C#N)n3)n2)c1[N+]#[C-]. The van der Waals surface area contributed by atoms with E-state index in [1.807, 2.05) is 64.1 Å². The van der Waals surface area contributed by atoms with Gasteiger partial charge in [-0.25, -0.2) is 19.5 Å². The molecule has 0 N–H and O–H groups in total. The third-order valence-corrected chi connectivity index (χ3v) is 5.60. The fourth-order valence-electron chi connectivity index (χ4n) is 3.71. The minimum absolute atomic E-state index is 0.0273. The lowest BCUT2D eigenvalue weighted by atomic mass is 9.83. The molecule has 0 saturated carbocycles. The predicted molar refractivity (Wildman–Crippen MR) is 126 cm³/mol. The van der Waals surface area contributed by atoms with Gasteiger partial charge in [0.05, 0.1) is 11.4 Å². The van der Waals surface area contributed by atoms with Crippen LogP contribution >= 0.6 is 0 Å². The Morgan fingerprint density at radius 3 is 1.91 bits per heavy atom. The normalized spacial score (nSPS) is 10.7. The van der Waals surface area contributed by atoms with E-state index in [4.69, 9.17) is 23.1 Å². The van der Waals surface area contributed by atoms with E-state index in [1.165, 1.54) is 21.8 Å². The fourth-order valence-corrected chi connectivity index (χ4v) is 3.71. The Balaban J connectivity index is 1.86. The summed E-state index contributed by atoms with van der Waals surface area (Å²) in [5.41, 5.74) is 2.71. The zero-order chi connectivity index (χ0) is 25.3. The van der Waals surface area contributed by atoms with Crippen molar-refractivity contribution in [2.24, 2.45) is 0 Å². The first-order valence-electron chi connectivity index (χ1n) is 10.4. The zero-order valence-electron chi connectivity index (χ0n) is 19.4. The summed E-state index contributed by atoms with van der Waals surface area (Å²) < 4.78 is 3.01. The molecule has 4 aromatic heterocycles. The molecular weight excluding hydrogens is 440 g/mol. The Morgan fingerprint density at radius 2 is 1.40 bits per heavy atom. The van der Waals surface area contributed by atoms with Crippen LogP contribution in [0, 0.1) is 49.7 Å². The Labute approximate surface area is 202 Å². The summed E-state index contributed by atoms with van der Waals surface area (Å²) in [5.74, 6) is 1.09. The topological polar surface area (TPSA) is 118 Å². The van der Waals surface area contributed by atoms with Crippen molar-refractivity contribution in [3.8, 4) is 23.8 Å². The summed E-state index contributed by atoms with van der Waals surface area (Å²) >= 11 is 0. The van der Waals surface area contributed by atoms with Crippen molar-refractivity contribution in [3.05, 3.63) is 93.7 Å². The summed E-state index contributed by atoms with van der Waals surface area (Å²) in [6.45, 7) is 22.5. The van der Waals surface area contributed by atoms with Crippen LogP contribution in [0.1, 0.15) is 47.8 Å². The van der Waals surface area contributed by atoms with Crippen molar-refractivity contribution in [2.45, 2.75) is 33.1 Å². The number of aromatic nitrogens is 6. The second kappa shape index (κ2) is 8.56. The summed E-state index contributed by atoms with van der Waals surface area (Å²) in [6.07, 6.45) is 2.84. The summed E-state index contributed by atoms with van der Waals surface area (Å²) in [5, 5.41) is 18.8. The maximum Gasteiger partial charge on any atom is 0.293 e. The highest BCUT2D eigenvalue weighted by atomic mass is 15.2. The van der Waals surface area contributed by atoms with Gasteiger partial charge >= 0.3 is 0 Å². The Bertz CT molecular complexity index is 1520. The van der Waals surface area contributed by atoms with Crippen LogP contribution < -0.4 is 0 Å². The van der Waals surface area contributed by atoms with Gasteiger partial charge in [0.25, 0.3) is 18.0 Å². The standard InChI is InChI=1S/C25H18N10/c1-15-7-19(32-21(9-15)34-13-30-17(11-26)18(34)12-27)25(3,4)20-8-16(2)10-22(33-20)35-14-31-23(28-5)24(35)29-6/h7-10,13-14H,1-4H3. The molecule has 0 radical (unpaired) electrons. The Kier molecular flexibility index (Phi) is 5.59. The van der Waals surface area contributed by atoms with Crippen molar-refractivity contribution < 1.29 is 0 Å². The summed E-state index contributed by atoms with van der Waals surface area (Å²) in [4.78, 5) is 24.4. The average Bonchev–Trinajstić information content (AvgIpc) is 3.46. The van der Waals surface area contributed by atoms with Gasteiger partial charge in [0.2, 0.25) is 5.82 Å². The monoisotopic (exact) mass is 458 g/mol. The molecule has 0 aromatic carbocycles. The maximum absolute atomic E-state index is 9.54. The first-order valence-corrected chi connectivity index (χ1v) is 10.4. The second-order valence-electron chi connectivity index (χ2n) is 8.42. The largest absolute Gasteiger partial charge is 0.373 e. The lowest BCUT2D eigenvalue weighted by Gasteiger charge is -2.25. The van der Waals surface area contributed by atoms with Crippen LogP contribution in [0.3, 0.4) is 0 Å². The molecule has 0 aliphatic carbocycles. The van der Waals surface area contributed by atoms with Gasteiger partial charge < -0.3 is 9.69 Å². The van der Waals surface area contributed by atoms with Crippen LogP contribution in [0.25, 0.3) is 21.3 Å². The van der Waals surface area contributed by atoms with Crippen LogP contribution in [0.15, 0.2) is 36.9 Å². The highest BCUT2D eigenvalue weighted by Gasteiger charge is 2.29. The first-order chi connectivity index (χ1) is 16.7. The van der Waals surface area contributed by atoms with Gasteiger partial charge in [0.1, 0.15) is 24.3 Å². The number of rotatable bonds is 4. The van der Waals surface area contributed by atoms with Crippen LogP contribution in [0.5, 0.6) is 0 Å². The molecule has 0 spiro atoms. The number of nitriles is 2. The third kappa shape index (κ3) is 3.86. The molecule has 0 saturated heterocycles. The van der Waals surface area contributed by atoms with E-state index in [0.29, 0.717) is 23.0 Å². The molecule has 10 nitrogen and oxygen atoms in total. The second-order valence-corrected chi connectivity index (χ2v) is 8.42. The maximum atomic E-state index is 9.54. The highest BCUT2D eigenvalue weighted by Crippen LogP contribution is 2.34. The predicted octanol–water partition coefficient (Wildman–Crippen LogP) is 4.64. The zero-order valence-corrected chi connectivity index (χ0v) is 19.4. The molecule has 4 heterocycles. The summed E-state index contributed by atoms with van der Waals surface area (Å²) in [7, 11) is 0. The van der Waals surface area contributed by atoms with E-state index in [0.717, 1.165) is 11.1 Å². The molecule has 0 amide bonds. The van der Waals surface area contributed by atoms with E-state index in [2.05, 4.69) is 19.7 Å². The van der Waals surface area contributed by atoms with E-state index >= 15 is 0 Å². The molecule has 0 bridgehead atoms. The van der Waals surface area contributed by atoms with Crippen LogP contribution in [0.2, 0.25) is 0 Å². The molecule has 4 rings (SSSR count). The molecule has 10 heteroatoms. The highest BCUT2D eigenvalue weighted by molar-refractivity contribution is 5.64. The van der Waals surface area contributed by atoms with Gasteiger partial charge in [-0.05, 0) is 57.0 Å². The van der Waals surface area contributed by atoms with Gasteiger partial charge in [0.15, 0.2) is 11.4 Å². The number of imidazole rings is 2. The van der Waals surface area contributed by atoms with Gasteiger partial charge in [-0.1, -0.05) is 18.1 Å². The Hall–Kier alpha value is -5.32. The van der Waals surface area contributed by atoms with Gasteiger partial charge in [0, 0.05) is 11.5 Å². The molecule has 0 atom stereocenters. The van der Waals surface area contributed by atoms with Crippen LogP contribution in [0.4, 0.5) is 11.6 Å². The fraction of sp³-hybridized carbons (Fsp3) is 0.200. The van der Waals surface area contributed by atoms with Gasteiger partial charge in [-0.3, -0.25) is 4.57 Å². The third-order valence-electron chi connectivity index (χ3n) is 5.60. The average molecular weight is 458 g/mol. The van der Waals surface area contributed by atoms with E-state index in [1.54, 1.807) is 0 Å². The van der Waals surface area contributed by atoms with Crippen molar-refractivity contribution >= 4 is 11.6 Å². The summed E-state index contributed by atoms with van der Waals surface area (Å²) in [6, 6.07) is 11.5. The van der Waals surface area contributed by atoms with Crippen molar-refractivity contribution in [3.63, 3.8) is 0 Å². The Morgan fingerprint density at radius 1 is 0.829 bits per heavy atom. The molecule has 0 fully saturated rings. The molecule has 4 aromatic rings. The lowest BCUT2D eigenvalue weighted by Crippen LogP contribution is -2.24. The number of hydrogen-bond acceptors (Lipinski definition) is 6. The van der Waals surface area contributed by atoms with E-state index in [-0.39, 0.29) is 23.0 Å². The van der Waals surface area contributed by atoms with E-state index < -0.39 is 5.41 Å². The number of pyridine rings is 2. The molecule has 168 valence electrons. The smallest absolute Gasteiger partial charge is 0.293 e. The van der Waals surface area contributed by atoms with Crippen molar-refractivity contribution in [1.82, 2.24) is 29.1 Å². The number of hydrogen-bond donors (Lipinski definition) is 0. The number of aryl methyl sites for hydroxylation is 2. The molecule has 35 heavy (non-hydrogen) atoms. The van der Waals surface area contributed by atoms with Gasteiger partial charge in [-0.2, -0.15) is 10.5 Å². The first kappa shape index (κ1) is 22.9. The molecule has 0 aliphatic heterocycles. The molecular formula is C25H18N10. The number of nitrogens with zero attached hydrogens (tertiary/aromatic N) is 10. The van der Waals surface area contributed by atoms with E-state index in [9.17, 15) is 10.5 Å². The van der Waals surface area contributed by atoms with Crippen LogP contribution in [-0.2, 0) is 5.41 Å². The quantitative estimate of drug-likeness (QED) is 0.411. The van der Waals surface area contributed by atoms with Crippen LogP contribution in [-0.4, -0.2) is 29.1 Å².